The van der Waals surface area contributed by atoms with Crippen LogP contribution in [0.5, 0.6) is 11.5 Å². The Labute approximate surface area is 380 Å². The summed E-state index contributed by atoms with van der Waals surface area (Å²) in [6, 6.07) is 34.0. The molecule has 4 atom stereocenters. The highest BCUT2D eigenvalue weighted by Crippen LogP contribution is 2.45. The molecular formula is C49H58N6O9Si. The van der Waals surface area contributed by atoms with E-state index in [1.54, 1.807) is 68.1 Å². The van der Waals surface area contributed by atoms with Crippen molar-refractivity contribution in [3.8, 4) is 11.5 Å². The van der Waals surface area contributed by atoms with E-state index in [4.69, 9.17) is 33.1 Å². The van der Waals surface area contributed by atoms with Gasteiger partial charge in [0.1, 0.15) is 42.0 Å². The first-order chi connectivity index (χ1) is 31.1. The number of hydrogen-bond donors (Lipinski definition) is 1. The molecule has 1 saturated heterocycles. The lowest BCUT2D eigenvalue weighted by molar-refractivity contribution is -0.0930. The number of imidazole rings is 1. The third kappa shape index (κ3) is 9.77. The molecule has 15 nitrogen and oxygen atoms in total. The molecule has 1 aliphatic rings. The molecule has 0 saturated carbocycles. The molecule has 1 fully saturated rings. The first-order valence-electron chi connectivity index (χ1n) is 21.5. The fraction of sp³-hybridized carbons (Fsp3) is 0.367. The molecule has 3 heterocycles. The lowest BCUT2D eigenvalue weighted by Gasteiger charge is -2.41. The number of aliphatic imine (C=N–C) groups is 1. The van der Waals surface area contributed by atoms with Crippen LogP contribution in [0.4, 0.5) is 5.95 Å². The van der Waals surface area contributed by atoms with Crippen LogP contribution < -0.4 is 15.0 Å². The Hall–Kier alpha value is -6.17. The summed E-state index contributed by atoms with van der Waals surface area (Å²) in [4.78, 5) is 42.5. The summed E-state index contributed by atoms with van der Waals surface area (Å²) in [6.45, 7) is 10.4. The Bertz CT molecular complexity index is 2580. The Morgan fingerprint density at radius 1 is 0.877 bits per heavy atom. The number of hydrogen-bond acceptors (Lipinski definition) is 12. The monoisotopic (exact) mass is 902 g/mol. The number of aliphatic hydroxyl groups is 1. The number of fused-ring (bicyclic) bond motifs is 1. The summed E-state index contributed by atoms with van der Waals surface area (Å²) in [5, 5.41) is 12.2. The van der Waals surface area contributed by atoms with E-state index in [1.165, 1.54) is 17.2 Å². The predicted octanol–water partition coefficient (Wildman–Crippen LogP) is 7.35. The molecule has 65 heavy (non-hydrogen) atoms. The van der Waals surface area contributed by atoms with E-state index in [-0.39, 0.29) is 41.9 Å². The second kappa shape index (κ2) is 19.5. The zero-order valence-electron chi connectivity index (χ0n) is 38.4. The maximum absolute atomic E-state index is 14.2. The third-order valence-corrected chi connectivity index (χ3v) is 16.6. The Kier molecular flexibility index (Phi) is 14.1. The number of aromatic nitrogens is 4. The first kappa shape index (κ1) is 46.8. The fourth-order valence-electron chi connectivity index (χ4n) is 7.56. The second-order valence-corrected chi connectivity index (χ2v) is 22.4. The van der Waals surface area contributed by atoms with Crippen LogP contribution in [0.15, 0.2) is 125 Å². The van der Waals surface area contributed by atoms with Crippen molar-refractivity contribution in [1.29, 1.82) is 0 Å². The smallest absolute Gasteiger partial charge is 0.338 e. The van der Waals surface area contributed by atoms with E-state index in [0.29, 0.717) is 17.1 Å². The molecule has 0 radical (unpaired) electrons. The highest BCUT2D eigenvalue weighted by atomic mass is 28.4. The summed E-state index contributed by atoms with van der Waals surface area (Å²) in [5.41, 5.74) is 1.36. The first-order valence-corrected chi connectivity index (χ1v) is 24.4. The van der Waals surface area contributed by atoms with Gasteiger partial charge in [-0.15, -0.1) is 0 Å². The van der Waals surface area contributed by atoms with Crippen molar-refractivity contribution < 1.29 is 38.0 Å². The minimum Gasteiger partial charge on any atom is -0.497 e. The average molecular weight is 903 g/mol. The number of carbonyl (C=O) groups is 1. The zero-order chi connectivity index (χ0) is 46.5. The van der Waals surface area contributed by atoms with Gasteiger partial charge in [-0.1, -0.05) is 93.6 Å². The van der Waals surface area contributed by atoms with Gasteiger partial charge >= 0.3 is 5.97 Å². The standard InChI is InChI=1S/C49H58N6O9Si/c1-48(2,3)65(8,9)64-42-39(30-62-49(34-18-14-11-15-19-34,35-20-24-37(59-6)25-21-35)36-22-26-38(60-7)27-23-36)63-45(41(42)56)55-32-50-40-43(55)52-47(51-31-53(4)5)54(44(40)57)28-29-61-46(58)33-16-12-10-13-17-33/h10-27,31-32,39,41-42,45,56H,28-30H2,1-9H3/b51-31+/t39-,41-,42-,45-/m1/s1. The molecule has 6 aromatic rings. The second-order valence-electron chi connectivity index (χ2n) is 17.6. The lowest BCUT2D eigenvalue weighted by Crippen LogP contribution is -2.50. The maximum Gasteiger partial charge on any atom is 0.338 e. The molecule has 0 spiro atoms. The number of nitrogens with zero attached hydrogens (tertiary/aromatic N) is 6. The molecular weight excluding hydrogens is 845 g/mol. The maximum atomic E-state index is 14.2. The van der Waals surface area contributed by atoms with Crippen LogP contribution in [0.1, 0.15) is 54.0 Å². The highest BCUT2D eigenvalue weighted by Gasteiger charge is 2.52. The largest absolute Gasteiger partial charge is 0.497 e. The van der Waals surface area contributed by atoms with Gasteiger partial charge in [-0.25, -0.2) is 14.8 Å². The number of rotatable bonds is 17. The van der Waals surface area contributed by atoms with E-state index in [9.17, 15) is 14.7 Å². The number of esters is 1. The Morgan fingerprint density at radius 3 is 2.00 bits per heavy atom. The predicted molar refractivity (Wildman–Crippen MR) is 251 cm³/mol. The van der Waals surface area contributed by atoms with Crippen molar-refractivity contribution in [2.75, 3.05) is 41.5 Å². The molecule has 342 valence electrons. The van der Waals surface area contributed by atoms with Crippen LogP contribution in [0.25, 0.3) is 11.2 Å². The van der Waals surface area contributed by atoms with Crippen molar-refractivity contribution >= 4 is 37.7 Å². The van der Waals surface area contributed by atoms with E-state index in [0.717, 1.165) is 16.7 Å². The molecule has 0 unspecified atom stereocenters. The third-order valence-electron chi connectivity index (χ3n) is 12.1. The summed E-state index contributed by atoms with van der Waals surface area (Å²) in [5.74, 6) is 0.896. The lowest BCUT2D eigenvalue weighted by atomic mass is 9.80. The highest BCUT2D eigenvalue weighted by molar-refractivity contribution is 6.74. The van der Waals surface area contributed by atoms with Gasteiger partial charge in [0.25, 0.3) is 5.56 Å². The number of benzene rings is 4. The Balaban J connectivity index is 1.29. The van der Waals surface area contributed by atoms with Gasteiger partial charge in [-0.3, -0.25) is 13.9 Å². The molecule has 16 heteroatoms. The molecule has 4 aromatic carbocycles. The van der Waals surface area contributed by atoms with Gasteiger partial charge < -0.3 is 38.1 Å². The summed E-state index contributed by atoms with van der Waals surface area (Å²) < 4.78 is 40.7. The van der Waals surface area contributed by atoms with Crippen LogP contribution in [-0.4, -0.2) is 110 Å². The number of carbonyl (C=O) groups excluding carboxylic acids is 1. The molecule has 0 amide bonds. The fourth-order valence-corrected chi connectivity index (χ4v) is 8.88. The van der Waals surface area contributed by atoms with Crippen molar-refractivity contribution in [1.82, 2.24) is 24.0 Å². The number of aliphatic hydroxyl groups excluding tert-OH is 1. The van der Waals surface area contributed by atoms with Gasteiger partial charge in [0.15, 0.2) is 25.7 Å². The van der Waals surface area contributed by atoms with Crippen molar-refractivity contribution in [3.63, 3.8) is 0 Å². The minimum atomic E-state index is -2.58. The average Bonchev–Trinajstić information content (AvgIpc) is 3.86. The van der Waals surface area contributed by atoms with Crippen LogP contribution in [0.3, 0.4) is 0 Å². The van der Waals surface area contributed by atoms with Gasteiger partial charge in [-0.05, 0) is 71.2 Å². The van der Waals surface area contributed by atoms with E-state index >= 15 is 0 Å². The van der Waals surface area contributed by atoms with Gasteiger partial charge in [-0.2, -0.15) is 4.98 Å². The minimum absolute atomic E-state index is 0.0164. The van der Waals surface area contributed by atoms with Crippen LogP contribution >= 0.6 is 0 Å². The van der Waals surface area contributed by atoms with Gasteiger partial charge in [0, 0.05) is 14.1 Å². The van der Waals surface area contributed by atoms with Gasteiger partial charge in [0.05, 0.1) is 45.6 Å². The molecule has 1 N–H and O–H groups in total. The van der Waals surface area contributed by atoms with Crippen LogP contribution in [0.2, 0.25) is 18.1 Å². The normalized spacial score (nSPS) is 18.0. The topological polar surface area (TPSA) is 161 Å². The SMILES string of the molecule is COc1ccc(C(OC[C@H]2O[C@@H](n3cnc4c(=O)n(CCOC(=O)c5ccccc5)c(/N=C/N(C)C)nc43)[C@H](O)[C@@H]2O[Si](C)(C)C(C)(C)C)(c2ccccc2)c2ccc(OC)cc2)cc1. The molecule has 2 aromatic heterocycles. The van der Waals surface area contributed by atoms with Gasteiger partial charge in [0.2, 0.25) is 5.95 Å². The van der Waals surface area contributed by atoms with Crippen LogP contribution in [-0.2, 0) is 30.8 Å². The number of methoxy groups -OCH3 is 2. The Morgan fingerprint density at radius 2 is 1.45 bits per heavy atom. The zero-order valence-corrected chi connectivity index (χ0v) is 39.4. The molecule has 0 bridgehead atoms. The van der Waals surface area contributed by atoms with Crippen molar-refractivity contribution in [3.05, 3.63) is 148 Å². The summed E-state index contributed by atoms with van der Waals surface area (Å²) in [6.07, 6.45) is -1.10. The molecule has 1 aliphatic heterocycles. The van der Waals surface area contributed by atoms with E-state index in [2.05, 4.69) is 43.8 Å². The van der Waals surface area contributed by atoms with E-state index < -0.39 is 50.0 Å². The number of ether oxygens (including phenoxy) is 5. The van der Waals surface area contributed by atoms with Crippen molar-refractivity contribution in [2.24, 2.45) is 4.99 Å². The molecule has 0 aliphatic carbocycles. The van der Waals surface area contributed by atoms with Crippen molar-refractivity contribution in [2.45, 2.75) is 75.6 Å². The molecule has 7 rings (SSSR count). The quantitative estimate of drug-likeness (QED) is 0.0319. The van der Waals surface area contributed by atoms with Crippen LogP contribution in [0, 0.1) is 0 Å². The summed E-state index contributed by atoms with van der Waals surface area (Å²) in [7, 11) is 4.26. The summed E-state index contributed by atoms with van der Waals surface area (Å²) >= 11 is 0. The van der Waals surface area contributed by atoms with E-state index in [1.807, 2.05) is 78.9 Å².